The maximum atomic E-state index is 11.4. The summed E-state index contributed by atoms with van der Waals surface area (Å²) in [6.07, 6.45) is 7.13. The summed E-state index contributed by atoms with van der Waals surface area (Å²) in [6, 6.07) is 12.9. The van der Waals surface area contributed by atoms with Crippen LogP contribution in [-0.2, 0) is 6.54 Å². The van der Waals surface area contributed by atoms with E-state index >= 15 is 0 Å². The van der Waals surface area contributed by atoms with E-state index in [9.17, 15) is 4.79 Å². The highest BCUT2D eigenvalue weighted by atomic mass is 16.1. The van der Waals surface area contributed by atoms with Crippen LogP contribution in [0.2, 0.25) is 0 Å². The monoisotopic (exact) mass is 344 g/mol. The molecule has 7 heteroatoms. The molecule has 3 N–H and O–H groups in total. The van der Waals surface area contributed by atoms with Crippen LogP contribution in [0, 0.1) is 0 Å². The number of amides is 1. The van der Waals surface area contributed by atoms with Crippen LogP contribution < -0.4 is 11.1 Å². The van der Waals surface area contributed by atoms with Crippen LogP contribution in [0.25, 0.3) is 16.8 Å². The Hall–Kier alpha value is -3.74. The van der Waals surface area contributed by atoms with Gasteiger partial charge in [-0.15, -0.1) is 0 Å². The Bertz CT molecular complexity index is 1070. The van der Waals surface area contributed by atoms with E-state index in [0.29, 0.717) is 17.8 Å². The number of primary amides is 1. The fraction of sp³-hybridized carbons (Fsp3) is 0.0526. The first kappa shape index (κ1) is 15.8. The van der Waals surface area contributed by atoms with Crippen LogP contribution in [0.15, 0.2) is 67.3 Å². The zero-order valence-corrected chi connectivity index (χ0v) is 13.8. The van der Waals surface area contributed by atoms with Gasteiger partial charge in [0.1, 0.15) is 5.82 Å². The second-order valence-electron chi connectivity index (χ2n) is 5.80. The van der Waals surface area contributed by atoms with Crippen molar-refractivity contribution in [3.63, 3.8) is 0 Å². The lowest BCUT2D eigenvalue weighted by Gasteiger charge is -2.07. The fourth-order valence-electron chi connectivity index (χ4n) is 2.71. The van der Waals surface area contributed by atoms with Crippen LogP contribution in [0.4, 0.5) is 5.82 Å². The average Bonchev–Trinajstić information content (AvgIpc) is 3.10. The van der Waals surface area contributed by atoms with Gasteiger partial charge in [0.2, 0.25) is 5.91 Å². The summed E-state index contributed by atoms with van der Waals surface area (Å²) in [7, 11) is 0. The van der Waals surface area contributed by atoms with Crippen molar-refractivity contribution in [2.75, 3.05) is 5.32 Å². The van der Waals surface area contributed by atoms with Gasteiger partial charge in [-0.2, -0.15) is 5.10 Å². The SMILES string of the molecule is NC(=O)c1cccc(-c2cnn3ccc(NCc4cccnc4)nc23)c1. The lowest BCUT2D eigenvalue weighted by atomic mass is 10.1. The molecule has 7 nitrogen and oxygen atoms in total. The number of carbonyl (C=O) groups excluding carboxylic acids is 1. The van der Waals surface area contributed by atoms with Gasteiger partial charge in [0.25, 0.3) is 0 Å². The smallest absolute Gasteiger partial charge is 0.248 e. The molecule has 3 heterocycles. The largest absolute Gasteiger partial charge is 0.366 e. The van der Waals surface area contributed by atoms with Crippen molar-refractivity contribution in [3.05, 3.63) is 78.4 Å². The van der Waals surface area contributed by atoms with E-state index in [0.717, 1.165) is 22.5 Å². The standard InChI is InChI=1S/C19H16N6O/c20-18(26)15-5-1-4-14(9-15)16-12-23-25-8-6-17(24-19(16)25)22-11-13-3-2-7-21-10-13/h1-10,12H,11H2,(H2,20,26)(H,22,24). The third-order valence-corrected chi connectivity index (χ3v) is 4.02. The van der Waals surface area contributed by atoms with Crippen molar-refractivity contribution in [1.82, 2.24) is 19.6 Å². The Labute approximate surface area is 149 Å². The number of nitrogens with one attached hydrogen (secondary N) is 1. The Balaban J connectivity index is 1.66. The number of aromatic nitrogens is 4. The number of hydrogen-bond donors (Lipinski definition) is 2. The van der Waals surface area contributed by atoms with Crippen LogP contribution >= 0.6 is 0 Å². The van der Waals surface area contributed by atoms with E-state index in [-0.39, 0.29) is 0 Å². The number of rotatable bonds is 5. The summed E-state index contributed by atoms with van der Waals surface area (Å²) < 4.78 is 1.70. The highest BCUT2D eigenvalue weighted by Gasteiger charge is 2.11. The topological polar surface area (TPSA) is 98.2 Å². The van der Waals surface area contributed by atoms with Crippen molar-refractivity contribution >= 4 is 17.4 Å². The molecule has 0 aliphatic carbocycles. The normalized spacial score (nSPS) is 10.8. The van der Waals surface area contributed by atoms with Gasteiger partial charge in [-0.25, -0.2) is 9.50 Å². The molecular formula is C19H16N6O. The predicted molar refractivity (Wildman–Crippen MR) is 98.5 cm³/mol. The van der Waals surface area contributed by atoms with Gasteiger partial charge in [0.15, 0.2) is 5.65 Å². The number of fused-ring (bicyclic) bond motifs is 1. The first-order valence-corrected chi connectivity index (χ1v) is 8.08. The summed E-state index contributed by atoms with van der Waals surface area (Å²) >= 11 is 0. The lowest BCUT2D eigenvalue weighted by molar-refractivity contribution is 0.100. The number of carbonyl (C=O) groups is 1. The van der Waals surface area contributed by atoms with Gasteiger partial charge < -0.3 is 11.1 Å². The number of nitrogens with zero attached hydrogens (tertiary/aromatic N) is 4. The molecule has 0 unspecified atom stereocenters. The minimum atomic E-state index is -0.463. The molecule has 1 amide bonds. The third kappa shape index (κ3) is 3.10. The molecular weight excluding hydrogens is 328 g/mol. The van der Waals surface area contributed by atoms with Crippen LogP contribution in [-0.4, -0.2) is 25.5 Å². The Morgan fingerprint density at radius 1 is 1.15 bits per heavy atom. The van der Waals surface area contributed by atoms with Crippen molar-refractivity contribution in [2.45, 2.75) is 6.54 Å². The van der Waals surface area contributed by atoms with Gasteiger partial charge in [0.05, 0.1) is 6.20 Å². The summed E-state index contributed by atoms with van der Waals surface area (Å²) in [6.45, 7) is 0.623. The molecule has 0 radical (unpaired) electrons. The van der Waals surface area contributed by atoms with Crippen LogP contribution in [0.3, 0.4) is 0 Å². The summed E-state index contributed by atoms with van der Waals surface area (Å²) in [4.78, 5) is 20.2. The minimum absolute atomic E-state index is 0.452. The van der Waals surface area contributed by atoms with E-state index in [4.69, 9.17) is 5.73 Å². The molecule has 26 heavy (non-hydrogen) atoms. The number of benzene rings is 1. The maximum Gasteiger partial charge on any atom is 0.248 e. The molecule has 0 aliphatic heterocycles. The second-order valence-corrected chi connectivity index (χ2v) is 5.80. The van der Waals surface area contributed by atoms with Gasteiger partial charge in [-0.3, -0.25) is 9.78 Å². The van der Waals surface area contributed by atoms with Crippen molar-refractivity contribution < 1.29 is 4.79 Å². The van der Waals surface area contributed by atoms with Gasteiger partial charge in [-0.1, -0.05) is 18.2 Å². The molecule has 0 spiro atoms. The van der Waals surface area contributed by atoms with E-state index in [1.165, 1.54) is 0 Å². The molecule has 0 saturated carbocycles. The number of hydrogen-bond acceptors (Lipinski definition) is 5. The summed E-state index contributed by atoms with van der Waals surface area (Å²) in [5.41, 5.74) is 9.27. The van der Waals surface area contributed by atoms with E-state index in [2.05, 4.69) is 20.4 Å². The zero-order chi connectivity index (χ0) is 17.9. The average molecular weight is 344 g/mol. The van der Waals surface area contributed by atoms with E-state index in [1.807, 2.05) is 36.7 Å². The molecule has 1 aromatic carbocycles. The van der Waals surface area contributed by atoms with Gasteiger partial charge in [-0.05, 0) is 35.4 Å². The van der Waals surface area contributed by atoms with Crippen molar-refractivity contribution in [1.29, 1.82) is 0 Å². The fourth-order valence-corrected chi connectivity index (χ4v) is 2.71. The molecule has 4 rings (SSSR count). The van der Waals surface area contributed by atoms with E-state index < -0.39 is 5.91 Å². The quantitative estimate of drug-likeness (QED) is 0.580. The number of pyridine rings is 1. The number of anilines is 1. The highest BCUT2D eigenvalue weighted by Crippen LogP contribution is 2.25. The summed E-state index contributed by atoms with van der Waals surface area (Å²) in [5, 5.41) is 7.61. The Morgan fingerprint density at radius 2 is 2.08 bits per heavy atom. The first-order chi connectivity index (χ1) is 12.7. The van der Waals surface area contributed by atoms with Gasteiger partial charge >= 0.3 is 0 Å². The minimum Gasteiger partial charge on any atom is -0.366 e. The highest BCUT2D eigenvalue weighted by molar-refractivity contribution is 5.94. The third-order valence-electron chi connectivity index (χ3n) is 4.02. The molecule has 3 aromatic heterocycles. The molecule has 0 aliphatic rings. The summed E-state index contributed by atoms with van der Waals surface area (Å²) in [5.74, 6) is 0.268. The predicted octanol–water partition coefficient (Wildman–Crippen LogP) is 2.50. The molecule has 4 aromatic rings. The second kappa shape index (κ2) is 6.64. The Morgan fingerprint density at radius 3 is 2.88 bits per heavy atom. The van der Waals surface area contributed by atoms with E-state index in [1.54, 1.807) is 35.1 Å². The van der Waals surface area contributed by atoms with Crippen LogP contribution in [0.5, 0.6) is 0 Å². The van der Waals surface area contributed by atoms with Crippen LogP contribution in [0.1, 0.15) is 15.9 Å². The molecule has 0 saturated heterocycles. The van der Waals surface area contributed by atoms with Crippen molar-refractivity contribution in [3.8, 4) is 11.1 Å². The lowest BCUT2D eigenvalue weighted by Crippen LogP contribution is -2.10. The molecule has 0 atom stereocenters. The zero-order valence-electron chi connectivity index (χ0n) is 13.8. The van der Waals surface area contributed by atoms with Gasteiger partial charge in [0, 0.05) is 36.3 Å². The molecule has 0 bridgehead atoms. The molecule has 0 fully saturated rings. The molecule has 128 valence electrons. The number of nitrogens with two attached hydrogens (primary N) is 1. The Kier molecular flexibility index (Phi) is 4.03. The maximum absolute atomic E-state index is 11.4. The first-order valence-electron chi connectivity index (χ1n) is 8.08. The van der Waals surface area contributed by atoms with Crippen molar-refractivity contribution in [2.24, 2.45) is 5.73 Å².